The van der Waals surface area contributed by atoms with E-state index in [0.29, 0.717) is 0 Å². The molecule has 1 aromatic rings. The summed E-state index contributed by atoms with van der Waals surface area (Å²) in [4.78, 5) is 11.8. The minimum absolute atomic E-state index is 0.203. The lowest BCUT2D eigenvalue weighted by atomic mass is 10.2. The summed E-state index contributed by atoms with van der Waals surface area (Å²) in [6.07, 6.45) is 7.76. The molecular formula is C15H18O3S. The minimum atomic E-state index is -3.50. The van der Waals surface area contributed by atoms with Gasteiger partial charge >= 0.3 is 0 Å². The number of carbonyl (C=O) groups is 1. The first-order valence-corrected chi connectivity index (χ1v) is 8.20. The molecule has 0 N–H and O–H groups in total. The zero-order valence-corrected chi connectivity index (χ0v) is 11.6. The third kappa shape index (κ3) is 4.63. The molecule has 4 heteroatoms. The lowest BCUT2D eigenvalue weighted by Gasteiger charge is -2.01. The molecule has 0 saturated heterocycles. The maximum absolute atomic E-state index is 11.9. The Kier molecular flexibility index (Phi) is 4.53. The molecule has 2 rings (SSSR count). The zero-order chi connectivity index (χ0) is 13.7. The van der Waals surface area contributed by atoms with Crippen LogP contribution in [-0.2, 0) is 14.6 Å². The van der Waals surface area contributed by atoms with Crippen molar-refractivity contribution in [3.8, 4) is 0 Å². The third-order valence-corrected chi connectivity index (χ3v) is 4.83. The molecule has 0 spiro atoms. The smallest absolute Gasteiger partial charge is 0.185 e. The molecule has 0 aliphatic heterocycles. The zero-order valence-electron chi connectivity index (χ0n) is 10.8. The van der Waals surface area contributed by atoms with Gasteiger partial charge in [-0.1, -0.05) is 37.1 Å². The van der Waals surface area contributed by atoms with Gasteiger partial charge in [0, 0.05) is 0 Å². The van der Waals surface area contributed by atoms with Crippen molar-refractivity contribution in [2.75, 3.05) is 5.75 Å². The maximum atomic E-state index is 11.9. The SMILES string of the molecule is O=C(/C=C/CCC1CC1)CS(=O)(=O)c1ccccc1. The molecule has 0 radical (unpaired) electrons. The van der Waals surface area contributed by atoms with E-state index >= 15 is 0 Å². The lowest BCUT2D eigenvalue weighted by molar-refractivity contribution is -0.112. The summed E-state index contributed by atoms with van der Waals surface area (Å²) in [5, 5.41) is 0. The summed E-state index contributed by atoms with van der Waals surface area (Å²) in [5.74, 6) is 0.0316. The Labute approximate surface area is 114 Å². The minimum Gasteiger partial charge on any atom is -0.294 e. The van der Waals surface area contributed by atoms with Gasteiger partial charge < -0.3 is 0 Å². The van der Waals surface area contributed by atoms with E-state index in [1.165, 1.54) is 31.1 Å². The number of allylic oxidation sites excluding steroid dienone is 2. The molecule has 19 heavy (non-hydrogen) atoms. The van der Waals surface area contributed by atoms with Crippen molar-refractivity contribution in [2.24, 2.45) is 5.92 Å². The first-order chi connectivity index (χ1) is 9.08. The van der Waals surface area contributed by atoms with E-state index in [2.05, 4.69) is 0 Å². The van der Waals surface area contributed by atoms with Gasteiger partial charge in [-0.3, -0.25) is 4.79 Å². The highest BCUT2D eigenvalue weighted by Crippen LogP contribution is 2.33. The van der Waals surface area contributed by atoms with Crippen LogP contribution in [0.15, 0.2) is 47.4 Å². The highest BCUT2D eigenvalue weighted by atomic mass is 32.2. The molecular weight excluding hydrogens is 260 g/mol. The van der Waals surface area contributed by atoms with Gasteiger partial charge in [0.05, 0.1) is 4.90 Å². The topological polar surface area (TPSA) is 51.2 Å². The van der Waals surface area contributed by atoms with Crippen molar-refractivity contribution < 1.29 is 13.2 Å². The highest BCUT2D eigenvalue weighted by Gasteiger charge is 2.20. The van der Waals surface area contributed by atoms with Gasteiger partial charge in [0.1, 0.15) is 5.75 Å². The molecule has 1 aromatic carbocycles. The second-order valence-electron chi connectivity index (χ2n) is 4.96. The summed E-state index contributed by atoms with van der Waals surface area (Å²) in [7, 11) is -3.50. The van der Waals surface area contributed by atoms with Crippen LogP contribution in [0, 0.1) is 5.92 Å². The van der Waals surface area contributed by atoms with Crippen LogP contribution in [-0.4, -0.2) is 20.0 Å². The van der Waals surface area contributed by atoms with Gasteiger partial charge in [0.2, 0.25) is 0 Å². The molecule has 0 amide bonds. The van der Waals surface area contributed by atoms with Gasteiger partial charge in [-0.05, 0) is 37.0 Å². The molecule has 0 unspecified atom stereocenters. The molecule has 0 heterocycles. The molecule has 1 saturated carbocycles. The van der Waals surface area contributed by atoms with Gasteiger partial charge in [-0.25, -0.2) is 8.42 Å². The predicted molar refractivity (Wildman–Crippen MR) is 74.6 cm³/mol. The number of hydrogen-bond acceptors (Lipinski definition) is 3. The molecule has 0 aromatic heterocycles. The van der Waals surface area contributed by atoms with Crippen LogP contribution in [0.4, 0.5) is 0 Å². The average molecular weight is 278 g/mol. The van der Waals surface area contributed by atoms with Gasteiger partial charge in [-0.2, -0.15) is 0 Å². The second kappa shape index (κ2) is 6.15. The Bertz CT molecular complexity index is 554. The molecule has 102 valence electrons. The van der Waals surface area contributed by atoms with E-state index < -0.39 is 15.6 Å². The molecule has 1 fully saturated rings. The number of carbonyl (C=O) groups excluding carboxylic acids is 1. The average Bonchev–Trinajstić information content (AvgIpc) is 3.19. The molecule has 1 aliphatic carbocycles. The van der Waals surface area contributed by atoms with Crippen molar-refractivity contribution in [3.05, 3.63) is 42.5 Å². The highest BCUT2D eigenvalue weighted by molar-refractivity contribution is 7.92. The first-order valence-electron chi connectivity index (χ1n) is 6.55. The lowest BCUT2D eigenvalue weighted by Crippen LogP contribution is -2.14. The quantitative estimate of drug-likeness (QED) is 0.721. The van der Waals surface area contributed by atoms with Gasteiger partial charge in [-0.15, -0.1) is 0 Å². The number of ketones is 1. The summed E-state index contributed by atoms with van der Waals surface area (Å²) in [6, 6.07) is 8.09. The van der Waals surface area contributed by atoms with Gasteiger partial charge in [0.25, 0.3) is 0 Å². The van der Waals surface area contributed by atoms with E-state index in [9.17, 15) is 13.2 Å². The fourth-order valence-electron chi connectivity index (χ4n) is 1.90. The van der Waals surface area contributed by atoms with E-state index in [0.717, 1.165) is 18.8 Å². The Morgan fingerprint density at radius 2 is 1.89 bits per heavy atom. The van der Waals surface area contributed by atoms with Crippen molar-refractivity contribution in [3.63, 3.8) is 0 Å². The number of sulfone groups is 1. The Balaban J connectivity index is 1.86. The van der Waals surface area contributed by atoms with E-state index in [1.807, 2.05) is 0 Å². The van der Waals surface area contributed by atoms with Crippen molar-refractivity contribution in [1.29, 1.82) is 0 Å². The van der Waals surface area contributed by atoms with Crippen LogP contribution in [0.1, 0.15) is 25.7 Å². The van der Waals surface area contributed by atoms with Crippen molar-refractivity contribution in [2.45, 2.75) is 30.6 Å². The van der Waals surface area contributed by atoms with Crippen LogP contribution in [0.25, 0.3) is 0 Å². The van der Waals surface area contributed by atoms with Gasteiger partial charge in [0.15, 0.2) is 15.6 Å². The normalized spacial score (nSPS) is 15.8. The summed E-state index contributed by atoms with van der Waals surface area (Å²) < 4.78 is 23.9. The van der Waals surface area contributed by atoms with Crippen molar-refractivity contribution in [1.82, 2.24) is 0 Å². The van der Waals surface area contributed by atoms with Crippen molar-refractivity contribution >= 4 is 15.6 Å². The monoisotopic (exact) mass is 278 g/mol. The number of hydrogen-bond donors (Lipinski definition) is 0. The molecule has 0 bridgehead atoms. The molecule has 3 nitrogen and oxygen atoms in total. The van der Waals surface area contributed by atoms with Crippen LogP contribution in [0.2, 0.25) is 0 Å². The fraction of sp³-hybridized carbons (Fsp3) is 0.400. The van der Waals surface area contributed by atoms with E-state index in [-0.39, 0.29) is 10.7 Å². The van der Waals surface area contributed by atoms with E-state index in [1.54, 1.807) is 24.3 Å². The molecule has 1 aliphatic rings. The Hall–Kier alpha value is -1.42. The van der Waals surface area contributed by atoms with Crippen LogP contribution < -0.4 is 0 Å². The predicted octanol–water partition coefficient (Wildman–Crippen LogP) is 2.78. The van der Waals surface area contributed by atoms with Crippen LogP contribution >= 0.6 is 0 Å². The largest absolute Gasteiger partial charge is 0.294 e. The third-order valence-electron chi connectivity index (χ3n) is 3.18. The fourth-order valence-corrected chi connectivity index (χ4v) is 3.11. The standard InChI is InChI=1S/C15H18O3S/c16-14(7-5-4-6-13-10-11-13)12-19(17,18)15-8-2-1-3-9-15/h1-3,5,7-9,13H,4,6,10-12H2/b7-5+. The summed E-state index contributed by atoms with van der Waals surface area (Å²) in [6.45, 7) is 0. The van der Waals surface area contributed by atoms with E-state index in [4.69, 9.17) is 0 Å². The summed E-state index contributed by atoms with van der Waals surface area (Å²) >= 11 is 0. The number of rotatable bonds is 7. The van der Waals surface area contributed by atoms with Crippen LogP contribution in [0.5, 0.6) is 0 Å². The maximum Gasteiger partial charge on any atom is 0.185 e. The Morgan fingerprint density at radius 1 is 1.21 bits per heavy atom. The Morgan fingerprint density at radius 3 is 2.53 bits per heavy atom. The van der Waals surface area contributed by atoms with Crippen LogP contribution in [0.3, 0.4) is 0 Å². The molecule has 0 atom stereocenters. The summed E-state index contributed by atoms with van der Waals surface area (Å²) in [5.41, 5.74) is 0. The first kappa shape index (κ1) is 14.0. The second-order valence-corrected chi connectivity index (χ2v) is 6.95. The number of benzene rings is 1.